The first-order chi connectivity index (χ1) is 12.7. The van der Waals surface area contributed by atoms with Crippen LogP contribution in [0.2, 0.25) is 0 Å². The first-order valence-electron chi connectivity index (χ1n) is 9.33. The summed E-state index contributed by atoms with van der Waals surface area (Å²) in [6.45, 7) is 10.7. The monoisotopic (exact) mass is 492 g/mol. The number of methoxy groups -OCH3 is 1. The fourth-order valence-electron chi connectivity index (χ4n) is 2.71. The number of morpholine rings is 1. The topological polar surface area (TPSA) is 67.4 Å². The Bertz CT molecular complexity index is 536. The minimum Gasteiger partial charge on any atom is -0.497 e. The highest BCUT2D eigenvalue weighted by molar-refractivity contribution is 14.0. The van der Waals surface area contributed by atoms with Crippen molar-refractivity contribution in [1.29, 1.82) is 0 Å². The van der Waals surface area contributed by atoms with E-state index in [2.05, 4.69) is 29.4 Å². The van der Waals surface area contributed by atoms with Crippen molar-refractivity contribution >= 4 is 29.9 Å². The van der Waals surface area contributed by atoms with Gasteiger partial charge in [-0.3, -0.25) is 9.89 Å². The zero-order valence-electron chi connectivity index (χ0n) is 16.6. The van der Waals surface area contributed by atoms with Crippen molar-refractivity contribution in [3.63, 3.8) is 0 Å². The number of hydrogen-bond donors (Lipinski definition) is 2. The predicted molar refractivity (Wildman–Crippen MR) is 120 cm³/mol. The van der Waals surface area contributed by atoms with Gasteiger partial charge in [0.05, 0.1) is 33.4 Å². The van der Waals surface area contributed by atoms with Crippen LogP contribution < -0.4 is 20.1 Å². The van der Waals surface area contributed by atoms with Crippen molar-refractivity contribution in [3.05, 3.63) is 24.3 Å². The molecule has 0 saturated carbocycles. The van der Waals surface area contributed by atoms with Gasteiger partial charge in [0.15, 0.2) is 5.96 Å². The van der Waals surface area contributed by atoms with E-state index < -0.39 is 0 Å². The summed E-state index contributed by atoms with van der Waals surface area (Å²) in [5.74, 6) is 2.48. The minimum atomic E-state index is 0. The van der Waals surface area contributed by atoms with Crippen molar-refractivity contribution in [1.82, 2.24) is 15.5 Å². The fourth-order valence-corrected chi connectivity index (χ4v) is 2.71. The fraction of sp³-hybridized carbons (Fsp3) is 0.632. The molecule has 7 nitrogen and oxygen atoms in total. The van der Waals surface area contributed by atoms with Crippen molar-refractivity contribution in [2.24, 2.45) is 4.99 Å². The van der Waals surface area contributed by atoms with E-state index in [0.717, 1.165) is 56.9 Å². The van der Waals surface area contributed by atoms with Crippen molar-refractivity contribution in [2.45, 2.75) is 19.9 Å². The molecule has 0 aliphatic carbocycles. The molecular formula is C19H33IN4O3. The molecule has 0 spiro atoms. The lowest BCUT2D eigenvalue weighted by molar-refractivity contribution is 0.0220. The summed E-state index contributed by atoms with van der Waals surface area (Å²) >= 11 is 0. The number of halogens is 1. The number of aliphatic imine (C=N–C) groups is 1. The van der Waals surface area contributed by atoms with Crippen LogP contribution in [-0.2, 0) is 4.74 Å². The molecule has 1 aliphatic rings. The van der Waals surface area contributed by atoms with Gasteiger partial charge in [-0.15, -0.1) is 24.0 Å². The average Bonchev–Trinajstić information content (AvgIpc) is 2.70. The van der Waals surface area contributed by atoms with Crippen LogP contribution in [0.1, 0.15) is 13.8 Å². The first-order valence-corrected chi connectivity index (χ1v) is 9.33. The molecule has 1 unspecified atom stereocenters. The van der Waals surface area contributed by atoms with Gasteiger partial charge in [0.1, 0.15) is 18.1 Å². The number of benzene rings is 1. The molecule has 2 rings (SSSR count). The van der Waals surface area contributed by atoms with Crippen LogP contribution in [0.3, 0.4) is 0 Å². The number of nitrogens with zero attached hydrogens (tertiary/aromatic N) is 2. The predicted octanol–water partition coefficient (Wildman–Crippen LogP) is 1.97. The van der Waals surface area contributed by atoms with Gasteiger partial charge in [-0.05, 0) is 38.1 Å². The van der Waals surface area contributed by atoms with Crippen LogP contribution in [0.4, 0.5) is 0 Å². The summed E-state index contributed by atoms with van der Waals surface area (Å²) < 4.78 is 16.3. The van der Waals surface area contributed by atoms with E-state index in [-0.39, 0.29) is 24.0 Å². The molecule has 2 N–H and O–H groups in total. The highest BCUT2D eigenvalue weighted by Gasteiger charge is 2.16. The first kappa shape index (κ1) is 23.8. The van der Waals surface area contributed by atoms with Crippen LogP contribution >= 0.6 is 24.0 Å². The average molecular weight is 492 g/mol. The van der Waals surface area contributed by atoms with Gasteiger partial charge in [0, 0.05) is 25.7 Å². The number of nitrogens with one attached hydrogen (secondary N) is 2. The Morgan fingerprint density at radius 2 is 1.85 bits per heavy atom. The molecule has 8 heteroatoms. The molecule has 27 heavy (non-hydrogen) atoms. The third-order valence-corrected chi connectivity index (χ3v) is 4.25. The lowest BCUT2D eigenvalue weighted by atomic mass is 10.2. The second kappa shape index (κ2) is 13.8. The molecule has 1 fully saturated rings. The minimum absolute atomic E-state index is 0. The van der Waals surface area contributed by atoms with E-state index in [4.69, 9.17) is 19.2 Å². The molecule has 1 aromatic carbocycles. The van der Waals surface area contributed by atoms with Gasteiger partial charge in [-0.2, -0.15) is 0 Å². The number of rotatable bonds is 9. The van der Waals surface area contributed by atoms with E-state index in [1.807, 2.05) is 24.3 Å². The van der Waals surface area contributed by atoms with E-state index in [1.54, 1.807) is 7.11 Å². The van der Waals surface area contributed by atoms with E-state index in [9.17, 15) is 0 Å². The maximum atomic E-state index is 5.73. The summed E-state index contributed by atoms with van der Waals surface area (Å²) in [5, 5.41) is 6.60. The Morgan fingerprint density at radius 1 is 1.19 bits per heavy atom. The summed E-state index contributed by atoms with van der Waals surface area (Å²) in [6, 6.07) is 8.00. The second-order valence-corrected chi connectivity index (χ2v) is 6.17. The third kappa shape index (κ3) is 8.98. The number of hydrogen-bond acceptors (Lipinski definition) is 5. The molecular weight excluding hydrogens is 459 g/mol. The smallest absolute Gasteiger partial charge is 0.191 e. The molecule has 0 bridgehead atoms. The lowest BCUT2D eigenvalue weighted by Crippen LogP contribution is -2.44. The van der Waals surface area contributed by atoms with Crippen molar-refractivity contribution < 1.29 is 14.2 Å². The van der Waals surface area contributed by atoms with E-state index >= 15 is 0 Å². The molecule has 1 aliphatic heterocycles. The van der Waals surface area contributed by atoms with Crippen LogP contribution in [0.15, 0.2) is 29.3 Å². The van der Waals surface area contributed by atoms with Gasteiger partial charge >= 0.3 is 0 Å². The maximum Gasteiger partial charge on any atom is 0.191 e. The molecule has 0 aromatic heterocycles. The Kier molecular flexibility index (Phi) is 12.2. The summed E-state index contributed by atoms with van der Waals surface area (Å²) in [5.41, 5.74) is 0. The third-order valence-electron chi connectivity index (χ3n) is 4.25. The molecule has 154 valence electrons. The zero-order valence-corrected chi connectivity index (χ0v) is 18.9. The van der Waals surface area contributed by atoms with Gasteiger partial charge < -0.3 is 24.8 Å². The zero-order chi connectivity index (χ0) is 18.6. The Hall–Kier alpha value is -1.26. The van der Waals surface area contributed by atoms with Gasteiger partial charge in [0.25, 0.3) is 0 Å². The molecule has 0 radical (unpaired) electrons. The van der Waals surface area contributed by atoms with Crippen LogP contribution in [0, 0.1) is 0 Å². The highest BCUT2D eigenvalue weighted by atomic mass is 127. The van der Waals surface area contributed by atoms with E-state index in [0.29, 0.717) is 19.2 Å². The Balaban J connectivity index is 0.00000364. The molecule has 1 heterocycles. The van der Waals surface area contributed by atoms with Crippen LogP contribution in [-0.4, -0.2) is 76.6 Å². The molecule has 1 aromatic rings. The number of ether oxygens (including phenoxy) is 3. The van der Waals surface area contributed by atoms with Crippen LogP contribution in [0.25, 0.3) is 0 Å². The second-order valence-electron chi connectivity index (χ2n) is 6.17. The van der Waals surface area contributed by atoms with Crippen molar-refractivity contribution in [2.75, 3.05) is 59.7 Å². The van der Waals surface area contributed by atoms with Crippen LogP contribution in [0.5, 0.6) is 11.5 Å². The molecule has 1 saturated heterocycles. The summed E-state index contributed by atoms with van der Waals surface area (Å²) in [4.78, 5) is 7.12. The Morgan fingerprint density at radius 3 is 2.48 bits per heavy atom. The van der Waals surface area contributed by atoms with Gasteiger partial charge in [-0.25, -0.2) is 0 Å². The normalized spacial score (nSPS) is 16.2. The number of guanidine groups is 1. The molecule has 0 amide bonds. The Labute approximate surface area is 179 Å². The van der Waals surface area contributed by atoms with Crippen molar-refractivity contribution in [3.8, 4) is 11.5 Å². The standard InChI is InChI=1S/C19H32N4O3.HI/c1-4-20-19(22-15-16(2)23-10-13-25-14-11-23)21-9-12-26-18-7-5-17(24-3)6-8-18;/h5-8,16H,4,9-15H2,1-3H3,(H2,20,21,22);1H. The SMILES string of the molecule is CCNC(=NCC(C)N1CCOCC1)NCCOc1ccc(OC)cc1.I. The van der Waals surface area contributed by atoms with Gasteiger partial charge in [0.2, 0.25) is 0 Å². The summed E-state index contributed by atoms with van der Waals surface area (Å²) in [6.07, 6.45) is 0. The molecule has 1 atom stereocenters. The lowest BCUT2D eigenvalue weighted by Gasteiger charge is -2.31. The summed E-state index contributed by atoms with van der Waals surface area (Å²) in [7, 11) is 1.65. The van der Waals surface area contributed by atoms with E-state index in [1.165, 1.54) is 0 Å². The largest absolute Gasteiger partial charge is 0.497 e. The maximum absolute atomic E-state index is 5.73. The highest BCUT2D eigenvalue weighted by Crippen LogP contribution is 2.16. The quantitative estimate of drug-likeness (QED) is 0.238. The van der Waals surface area contributed by atoms with Gasteiger partial charge in [-0.1, -0.05) is 0 Å².